The lowest BCUT2D eigenvalue weighted by molar-refractivity contribution is -0.122. The molecule has 1 amide bonds. The summed E-state index contributed by atoms with van der Waals surface area (Å²) in [5, 5.41) is 15.4. The second kappa shape index (κ2) is 9.09. The number of benzene rings is 1. The third kappa shape index (κ3) is 5.66. The van der Waals surface area contributed by atoms with Gasteiger partial charge in [-0.1, -0.05) is 31.0 Å². The number of aromatic nitrogens is 4. The Labute approximate surface area is 156 Å². The van der Waals surface area contributed by atoms with Gasteiger partial charge in [-0.2, -0.15) is 4.80 Å². The number of tetrazole rings is 1. The Morgan fingerprint density at radius 3 is 2.77 bits per heavy atom. The summed E-state index contributed by atoms with van der Waals surface area (Å²) < 4.78 is 5.54. The minimum Gasteiger partial charge on any atom is -0.485 e. The van der Waals surface area contributed by atoms with Crippen LogP contribution >= 0.6 is 12.2 Å². The van der Waals surface area contributed by atoms with E-state index in [1.807, 2.05) is 30.3 Å². The van der Waals surface area contributed by atoms with Crippen LogP contribution in [0.3, 0.4) is 0 Å². The summed E-state index contributed by atoms with van der Waals surface area (Å²) in [5.41, 5.74) is 5.21. The van der Waals surface area contributed by atoms with Crippen molar-refractivity contribution in [2.24, 2.45) is 0 Å². The normalized spacial score (nSPS) is 14.0. The van der Waals surface area contributed by atoms with Gasteiger partial charge in [-0.15, -0.1) is 10.2 Å². The first-order chi connectivity index (χ1) is 12.7. The first kappa shape index (κ1) is 18.1. The van der Waals surface area contributed by atoms with E-state index in [-0.39, 0.29) is 19.1 Å². The van der Waals surface area contributed by atoms with Crippen LogP contribution in [-0.4, -0.2) is 37.3 Å². The van der Waals surface area contributed by atoms with E-state index in [0.717, 1.165) is 12.8 Å². The molecule has 2 aromatic rings. The van der Waals surface area contributed by atoms with Gasteiger partial charge in [0.05, 0.1) is 0 Å². The Kier molecular flexibility index (Phi) is 6.31. The number of rotatable bonds is 6. The van der Waals surface area contributed by atoms with Gasteiger partial charge in [0.25, 0.3) is 5.91 Å². The molecule has 0 aliphatic heterocycles. The molecule has 1 aliphatic rings. The smallest absolute Gasteiger partial charge is 0.262 e. The minimum atomic E-state index is -0.325. The Balaban J connectivity index is 1.37. The Morgan fingerprint density at radius 2 is 2.00 bits per heavy atom. The maximum absolute atomic E-state index is 11.9. The van der Waals surface area contributed by atoms with Crippen LogP contribution in [0.4, 0.5) is 0 Å². The molecule has 9 nitrogen and oxygen atoms in total. The molecule has 10 heteroatoms. The number of carbonyl (C=O) groups excluding carboxylic acids is 1. The van der Waals surface area contributed by atoms with Crippen molar-refractivity contribution in [1.82, 2.24) is 36.4 Å². The molecule has 0 unspecified atom stereocenters. The molecule has 0 saturated heterocycles. The number of para-hydroxylation sites is 1. The molecule has 1 aromatic carbocycles. The van der Waals surface area contributed by atoms with Crippen molar-refractivity contribution in [3.05, 3.63) is 36.2 Å². The molecule has 1 fully saturated rings. The topological polar surface area (TPSA) is 106 Å². The number of thiocarbonyl (C=S) groups is 1. The monoisotopic (exact) mass is 375 g/mol. The molecule has 1 heterocycles. The van der Waals surface area contributed by atoms with E-state index in [0.29, 0.717) is 22.7 Å². The van der Waals surface area contributed by atoms with Crippen LogP contribution in [0.5, 0.6) is 5.75 Å². The average Bonchev–Trinajstić information content (AvgIpc) is 3.31. The zero-order chi connectivity index (χ0) is 18.2. The summed E-state index contributed by atoms with van der Waals surface area (Å²) in [7, 11) is 0. The number of hydrogen-bond donors (Lipinski definition) is 3. The quantitative estimate of drug-likeness (QED) is 0.500. The predicted molar refractivity (Wildman–Crippen MR) is 97.9 cm³/mol. The van der Waals surface area contributed by atoms with Crippen LogP contribution < -0.4 is 20.9 Å². The van der Waals surface area contributed by atoms with Crippen LogP contribution in [0.2, 0.25) is 0 Å². The molecule has 1 aromatic heterocycles. The molecule has 0 radical (unpaired) electrons. The number of hydrogen-bond acceptors (Lipinski definition) is 6. The molecule has 26 heavy (non-hydrogen) atoms. The van der Waals surface area contributed by atoms with Crippen molar-refractivity contribution in [3.8, 4) is 5.75 Å². The first-order valence-corrected chi connectivity index (χ1v) is 8.90. The standard InChI is InChI=1S/C16H21N7O2S/c24-15(19-20-16(26)17-12-6-4-5-7-12)10-23-21-14(18-22-23)11-25-13-8-2-1-3-9-13/h1-3,8-9,12H,4-7,10-11H2,(H,19,24)(H2,17,20,26). The highest BCUT2D eigenvalue weighted by molar-refractivity contribution is 7.80. The second-order valence-electron chi connectivity index (χ2n) is 5.97. The average molecular weight is 375 g/mol. The summed E-state index contributed by atoms with van der Waals surface area (Å²) >= 11 is 5.15. The van der Waals surface area contributed by atoms with Crippen molar-refractivity contribution in [3.63, 3.8) is 0 Å². The van der Waals surface area contributed by atoms with E-state index >= 15 is 0 Å². The van der Waals surface area contributed by atoms with Crippen molar-refractivity contribution in [2.45, 2.75) is 44.9 Å². The molecule has 0 spiro atoms. The van der Waals surface area contributed by atoms with E-state index in [4.69, 9.17) is 17.0 Å². The molecule has 0 atom stereocenters. The van der Waals surface area contributed by atoms with Gasteiger partial charge >= 0.3 is 0 Å². The van der Waals surface area contributed by atoms with Crippen LogP contribution in [-0.2, 0) is 17.9 Å². The SMILES string of the molecule is O=C(Cn1nnc(COc2ccccc2)n1)NNC(=S)NC1CCCC1. The lowest BCUT2D eigenvalue weighted by atomic mass is 10.3. The van der Waals surface area contributed by atoms with E-state index in [1.54, 1.807) is 0 Å². The van der Waals surface area contributed by atoms with E-state index in [1.165, 1.54) is 17.6 Å². The number of nitrogens with zero attached hydrogens (tertiary/aromatic N) is 4. The number of nitrogens with one attached hydrogen (secondary N) is 3. The van der Waals surface area contributed by atoms with Gasteiger partial charge in [0.1, 0.15) is 12.3 Å². The fourth-order valence-electron chi connectivity index (χ4n) is 2.65. The van der Waals surface area contributed by atoms with Gasteiger partial charge in [-0.3, -0.25) is 15.6 Å². The molecule has 0 bridgehead atoms. The summed E-state index contributed by atoms with van der Waals surface area (Å²) in [4.78, 5) is 13.1. The van der Waals surface area contributed by atoms with Gasteiger partial charge < -0.3 is 10.1 Å². The molecule has 138 valence electrons. The van der Waals surface area contributed by atoms with Crippen molar-refractivity contribution in [1.29, 1.82) is 0 Å². The number of carbonyl (C=O) groups is 1. The summed E-state index contributed by atoms with van der Waals surface area (Å²) in [5.74, 6) is 0.788. The highest BCUT2D eigenvalue weighted by Crippen LogP contribution is 2.17. The fourth-order valence-corrected chi connectivity index (χ4v) is 2.87. The van der Waals surface area contributed by atoms with Crippen LogP contribution in [0.25, 0.3) is 0 Å². The Bertz CT molecular complexity index is 731. The second-order valence-corrected chi connectivity index (χ2v) is 6.37. The summed E-state index contributed by atoms with van der Waals surface area (Å²) in [6.45, 7) is 0.108. The third-order valence-corrected chi connectivity index (χ3v) is 4.12. The van der Waals surface area contributed by atoms with Crippen molar-refractivity contribution in [2.75, 3.05) is 0 Å². The maximum atomic E-state index is 11.9. The van der Waals surface area contributed by atoms with Gasteiger partial charge in [-0.05, 0) is 42.4 Å². The van der Waals surface area contributed by atoms with Crippen LogP contribution in [0.1, 0.15) is 31.5 Å². The van der Waals surface area contributed by atoms with Crippen LogP contribution in [0.15, 0.2) is 30.3 Å². The zero-order valence-corrected chi connectivity index (χ0v) is 15.0. The van der Waals surface area contributed by atoms with Crippen molar-refractivity contribution < 1.29 is 9.53 Å². The highest BCUT2D eigenvalue weighted by Gasteiger charge is 2.15. The Hall–Kier alpha value is -2.75. The number of amides is 1. The number of ether oxygens (including phenoxy) is 1. The molecule has 1 saturated carbocycles. The van der Waals surface area contributed by atoms with Gasteiger partial charge in [0.15, 0.2) is 11.7 Å². The highest BCUT2D eigenvalue weighted by atomic mass is 32.1. The molecule has 3 N–H and O–H groups in total. The molecule has 3 rings (SSSR count). The summed E-state index contributed by atoms with van der Waals surface area (Å²) in [6, 6.07) is 9.73. The van der Waals surface area contributed by atoms with E-state index in [9.17, 15) is 4.79 Å². The van der Waals surface area contributed by atoms with Crippen molar-refractivity contribution >= 4 is 23.2 Å². The number of hydrazine groups is 1. The van der Waals surface area contributed by atoms with E-state index < -0.39 is 0 Å². The lowest BCUT2D eigenvalue weighted by Gasteiger charge is -2.15. The molecule has 1 aliphatic carbocycles. The van der Waals surface area contributed by atoms with Gasteiger partial charge in [0.2, 0.25) is 5.82 Å². The lowest BCUT2D eigenvalue weighted by Crippen LogP contribution is -2.50. The van der Waals surface area contributed by atoms with Gasteiger partial charge in [-0.25, -0.2) is 0 Å². The molecular weight excluding hydrogens is 354 g/mol. The maximum Gasteiger partial charge on any atom is 0.262 e. The van der Waals surface area contributed by atoms with E-state index in [2.05, 4.69) is 31.6 Å². The fraction of sp³-hybridized carbons (Fsp3) is 0.438. The Morgan fingerprint density at radius 1 is 1.23 bits per heavy atom. The minimum absolute atomic E-state index is 0.0720. The largest absolute Gasteiger partial charge is 0.485 e. The third-order valence-electron chi connectivity index (χ3n) is 3.90. The first-order valence-electron chi connectivity index (χ1n) is 8.49. The van der Waals surface area contributed by atoms with Crippen LogP contribution in [0, 0.1) is 0 Å². The van der Waals surface area contributed by atoms with Gasteiger partial charge in [0, 0.05) is 6.04 Å². The predicted octanol–water partition coefficient (Wildman–Crippen LogP) is 0.690. The molecular formula is C16H21N7O2S. The zero-order valence-electron chi connectivity index (χ0n) is 14.2. The summed E-state index contributed by atoms with van der Waals surface area (Å²) in [6.07, 6.45) is 4.63.